The molecule has 0 atom stereocenters. The number of para-hydroxylation sites is 2. The highest BCUT2D eigenvalue weighted by molar-refractivity contribution is 5.98. The van der Waals surface area contributed by atoms with E-state index in [4.69, 9.17) is 9.15 Å². The summed E-state index contributed by atoms with van der Waals surface area (Å²) in [5.41, 5.74) is 1.09. The summed E-state index contributed by atoms with van der Waals surface area (Å²) in [6, 6.07) is 16.3. The third kappa shape index (κ3) is 4.77. The molecule has 2 heterocycles. The van der Waals surface area contributed by atoms with Crippen LogP contribution in [0.1, 0.15) is 21.9 Å². The smallest absolute Gasteiger partial charge is 0.406 e. The van der Waals surface area contributed by atoms with Crippen LogP contribution in [0.25, 0.3) is 11.0 Å². The fourth-order valence-electron chi connectivity index (χ4n) is 3.37. The third-order valence-electron chi connectivity index (χ3n) is 4.90. The van der Waals surface area contributed by atoms with E-state index in [2.05, 4.69) is 4.98 Å². The van der Waals surface area contributed by atoms with Crippen molar-refractivity contribution >= 4 is 16.9 Å². The number of hydrogen-bond acceptors (Lipinski definition) is 4. The van der Waals surface area contributed by atoms with Crippen molar-refractivity contribution in [2.24, 2.45) is 0 Å². The molecule has 0 saturated heterocycles. The van der Waals surface area contributed by atoms with Crippen LogP contribution in [0.5, 0.6) is 5.75 Å². The lowest BCUT2D eigenvalue weighted by atomic mass is 10.1. The minimum Gasteiger partial charge on any atom is -0.489 e. The molecule has 6 nitrogen and oxygen atoms in total. The Bertz CT molecular complexity index is 1220. The highest BCUT2D eigenvalue weighted by Gasteiger charge is 2.30. The molecule has 0 aliphatic heterocycles. The summed E-state index contributed by atoms with van der Waals surface area (Å²) in [6.07, 6.45) is -1.88. The average molecular weight is 443 g/mol. The molecule has 0 fully saturated rings. The Kier molecular flexibility index (Phi) is 5.89. The molecule has 1 amide bonds. The Morgan fingerprint density at radius 3 is 2.59 bits per heavy atom. The van der Waals surface area contributed by atoms with Crippen LogP contribution in [-0.2, 0) is 19.7 Å². The highest BCUT2D eigenvalue weighted by Crippen LogP contribution is 2.28. The van der Waals surface area contributed by atoms with Gasteiger partial charge in [0.2, 0.25) is 0 Å². The van der Waals surface area contributed by atoms with Gasteiger partial charge in [-0.05, 0) is 18.2 Å². The van der Waals surface area contributed by atoms with Gasteiger partial charge in [0, 0.05) is 30.4 Å². The van der Waals surface area contributed by atoms with E-state index in [-0.39, 0.29) is 24.7 Å². The number of aromatic nitrogens is 2. The lowest BCUT2D eigenvalue weighted by Gasteiger charge is -2.18. The monoisotopic (exact) mass is 443 g/mol. The van der Waals surface area contributed by atoms with Crippen molar-refractivity contribution in [1.29, 1.82) is 0 Å². The Hall–Kier alpha value is -3.75. The van der Waals surface area contributed by atoms with Crippen LogP contribution in [0.3, 0.4) is 0 Å². The van der Waals surface area contributed by atoms with Gasteiger partial charge in [0.25, 0.3) is 5.91 Å². The van der Waals surface area contributed by atoms with Crippen LogP contribution in [0.2, 0.25) is 0 Å². The maximum Gasteiger partial charge on any atom is 0.406 e. The van der Waals surface area contributed by atoms with E-state index in [1.54, 1.807) is 24.3 Å². The summed E-state index contributed by atoms with van der Waals surface area (Å²) in [4.78, 5) is 18.4. The molecule has 9 heteroatoms. The first-order valence-electron chi connectivity index (χ1n) is 9.82. The number of rotatable bonds is 7. The standard InChI is InChI=1S/C23H20F3N3O3/c1-28(13-20-27-11-12-29(20)15-23(24,25)26)22(30)21-18(14-31-16-7-3-2-4-8-16)17-9-5-6-10-19(17)32-21/h2-12H,13-15H2,1H3. The molecule has 0 unspecified atom stereocenters. The summed E-state index contributed by atoms with van der Waals surface area (Å²) in [7, 11) is 1.49. The number of carbonyl (C=O) groups excluding carboxylic acids is 1. The van der Waals surface area contributed by atoms with Crippen LogP contribution < -0.4 is 4.74 Å². The molecular formula is C23H20F3N3O3. The van der Waals surface area contributed by atoms with E-state index >= 15 is 0 Å². The topological polar surface area (TPSA) is 60.5 Å². The summed E-state index contributed by atoms with van der Waals surface area (Å²) in [5, 5.41) is 0.735. The molecule has 0 saturated carbocycles. The van der Waals surface area contributed by atoms with E-state index in [9.17, 15) is 18.0 Å². The van der Waals surface area contributed by atoms with E-state index in [1.807, 2.05) is 30.3 Å². The van der Waals surface area contributed by atoms with E-state index in [1.165, 1.54) is 24.3 Å². The second-order valence-corrected chi connectivity index (χ2v) is 7.26. The predicted octanol–water partition coefficient (Wildman–Crippen LogP) is 5.04. The van der Waals surface area contributed by atoms with Gasteiger partial charge >= 0.3 is 6.18 Å². The normalized spacial score (nSPS) is 11.6. The van der Waals surface area contributed by atoms with Gasteiger partial charge in [0.05, 0.1) is 6.54 Å². The van der Waals surface area contributed by atoms with Crippen molar-refractivity contribution in [1.82, 2.24) is 14.5 Å². The second-order valence-electron chi connectivity index (χ2n) is 7.26. The predicted molar refractivity (Wildman–Crippen MR) is 111 cm³/mol. The van der Waals surface area contributed by atoms with Gasteiger partial charge in [-0.3, -0.25) is 4.79 Å². The van der Waals surface area contributed by atoms with Crippen LogP contribution in [0, 0.1) is 0 Å². The lowest BCUT2D eigenvalue weighted by molar-refractivity contribution is -0.141. The number of furan rings is 1. The molecule has 166 valence electrons. The molecule has 2 aromatic carbocycles. The summed E-state index contributed by atoms with van der Waals surface area (Å²) in [6.45, 7) is -1.19. The van der Waals surface area contributed by atoms with E-state index < -0.39 is 18.6 Å². The Labute approximate surface area is 181 Å². The molecule has 0 bridgehead atoms. The van der Waals surface area contributed by atoms with Gasteiger partial charge in [-0.1, -0.05) is 36.4 Å². The molecule has 32 heavy (non-hydrogen) atoms. The number of carbonyl (C=O) groups is 1. The molecule has 4 rings (SSSR count). The zero-order chi connectivity index (χ0) is 22.7. The van der Waals surface area contributed by atoms with Gasteiger partial charge in [0.1, 0.15) is 30.3 Å². The number of alkyl halides is 3. The first kappa shape index (κ1) is 21.5. The molecule has 2 aromatic heterocycles. The number of benzene rings is 2. The van der Waals surface area contributed by atoms with Gasteiger partial charge in [-0.2, -0.15) is 13.2 Å². The molecule has 0 aliphatic rings. The Morgan fingerprint density at radius 1 is 1.12 bits per heavy atom. The van der Waals surface area contributed by atoms with Gasteiger partial charge < -0.3 is 18.6 Å². The number of imidazole rings is 1. The van der Waals surface area contributed by atoms with E-state index in [0.29, 0.717) is 16.9 Å². The number of amides is 1. The third-order valence-corrected chi connectivity index (χ3v) is 4.90. The lowest BCUT2D eigenvalue weighted by Crippen LogP contribution is -2.29. The quantitative estimate of drug-likeness (QED) is 0.401. The molecule has 0 radical (unpaired) electrons. The Balaban J connectivity index is 1.58. The number of nitrogens with zero attached hydrogens (tertiary/aromatic N) is 3. The van der Waals surface area contributed by atoms with Gasteiger partial charge in [0.15, 0.2) is 5.76 Å². The zero-order valence-corrected chi connectivity index (χ0v) is 17.2. The maximum absolute atomic E-state index is 13.2. The molecular weight excluding hydrogens is 423 g/mol. The Morgan fingerprint density at radius 2 is 1.84 bits per heavy atom. The maximum atomic E-state index is 13.2. The summed E-state index contributed by atoms with van der Waals surface area (Å²) < 4.78 is 51.0. The van der Waals surface area contributed by atoms with Crippen molar-refractivity contribution in [2.45, 2.75) is 25.9 Å². The number of hydrogen-bond donors (Lipinski definition) is 0. The average Bonchev–Trinajstić information content (AvgIpc) is 3.35. The van der Waals surface area contributed by atoms with Crippen LogP contribution >= 0.6 is 0 Å². The van der Waals surface area contributed by atoms with Gasteiger partial charge in [-0.15, -0.1) is 0 Å². The minimum absolute atomic E-state index is 0.0820. The highest BCUT2D eigenvalue weighted by atomic mass is 19.4. The largest absolute Gasteiger partial charge is 0.489 e. The van der Waals surface area contributed by atoms with Crippen molar-refractivity contribution in [3.8, 4) is 5.75 Å². The van der Waals surface area contributed by atoms with Crippen molar-refractivity contribution in [3.63, 3.8) is 0 Å². The number of ether oxygens (including phenoxy) is 1. The number of halogens is 3. The van der Waals surface area contributed by atoms with Crippen LogP contribution in [-0.4, -0.2) is 33.6 Å². The first-order valence-corrected chi connectivity index (χ1v) is 9.82. The number of fused-ring (bicyclic) bond motifs is 1. The van der Waals surface area contributed by atoms with Crippen LogP contribution in [0.15, 0.2) is 71.4 Å². The molecule has 0 spiro atoms. The van der Waals surface area contributed by atoms with Gasteiger partial charge in [-0.25, -0.2) is 4.98 Å². The van der Waals surface area contributed by atoms with Crippen molar-refractivity contribution in [2.75, 3.05) is 7.05 Å². The SMILES string of the molecule is CN(Cc1nccn1CC(F)(F)F)C(=O)c1oc2ccccc2c1COc1ccccc1. The van der Waals surface area contributed by atoms with Crippen LogP contribution in [0.4, 0.5) is 13.2 Å². The van der Waals surface area contributed by atoms with E-state index in [0.717, 1.165) is 9.95 Å². The first-order chi connectivity index (χ1) is 15.3. The molecule has 0 aliphatic carbocycles. The molecule has 0 N–H and O–H groups in total. The van der Waals surface area contributed by atoms with Crippen molar-refractivity contribution < 1.29 is 27.1 Å². The van der Waals surface area contributed by atoms with Crippen molar-refractivity contribution in [3.05, 3.63) is 84.1 Å². The molecule has 4 aromatic rings. The second kappa shape index (κ2) is 8.78. The zero-order valence-electron chi connectivity index (χ0n) is 17.2. The fraction of sp³-hybridized carbons (Fsp3) is 0.217. The summed E-state index contributed by atoms with van der Waals surface area (Å²) >= 11 is 0. The summed E-state index contributed by atoms with van der Waals surface area (Å²) in [5.74, 6) is 0.364. The fourth-order valence-corrected chi connectivity index (χ4v) is 3.37. The minimum atomic E-state index is -4.39.